The van der Waals surface area contributed by atoms with Gasteiger partial charge in [0.1, 0.15) is 0 Å². The molecule has 1 aliphatic rings. The van der Waals surface area contributed by atoms with Crippen LogP contribution < -0.4 is 0 Å². The van der Waals surface area contributed by atoms with Gasteiger partial charge < -0.3 is 9.64 Å². The maximum absolute atomic E-state index is 11.5. The van der Waals surface area contributed by atoms with E-state index in [0.717, 1.165) is 0 Å². The van der Waals surface area contributed by atoms with Gasteiger partial charge in [-0.25, -0.2) is 0 Å². The highest BCUT2D eigenvalue weighted by Crippen LogP contribution is 2.12. The molecule has 1 saturated heterocycles. The summed E-state index contributed by atoms with van der Waals surface area (Å²) in [7, 11) is 0. The molecule has 0 N–H and O–H groups in total. The van der Waals surface area contributed by atoms with Crippen LogP contribution >= 0.6 is 11.6 Å². The fourth-order valence-electron chi connectivity index (χ4n) is 1.48. The second kappa shape index (κ2) is 4.82. The summed E-state index contributed by atoms with van der Waals surface area (Å²) in [6.07, 6.45) is 0.578. The normalized spacial score (nSPS) is 29.0. The fourth-order valence-corrected chi connectivity index (χ4v) is 1.64. The van der Waals surface area contributed by atoms with Crippen LogP contribution in [0.2, 0.25) is 0 Å². The minimum atomic E-state index is 0.137. The summed E-state index contributed by atoms with van der Waals surface area (Å²) in [6.45, 7) is 5.30. The number of morpholine rings is 1. The summed E-state index contributed by atoms with van der Waals surface area (Å²) >= 11 is 5.52. The number of amides is 1. The average molecular weight is 206 g/mol. The Bertz CT molecular complexity index is 186. The number of alkyl halides is 1. The molecule has 2 unspecified atom stereocenters. The topological polar surface area (TPSA) is 29.5 Å². The molecule has 0 bridgehead atoms. The number of carbonyl (C=O) groups excluding carboxylic acids is 1. The summed E-state index contributed by atoms with van der Waals surface area (Å²) in [4.78, 5) is 13.4. The molecular weight excluding hydrogens is 190 g/mol. The van der Waals surface area contributed by atoms with Gasteiger partial charge in [0.2, 0.25) is 5.91 Å². The van der Waals surface area contributed by atoms with E-state index >= 15 is 0 Å². The largest absolute Gasteiger partial charge is 0.375 e. The van der Waals surface area contributed by atoms with Crippen molar-refractivity contribution in [3.63, 3.8) is 0 Å². The Morgan fingerprint density at radius 1 is 1.62 bits per heavy atom. The molecule has 76 valence electrons. The minimum absolute atomic E-state index is 0.137. The first kappa shape index (κ1) is 10.8. The van der Waals surface area contributed by atoms with Gasteiger partial charge in [0.05, 0.1) is 18.8 Å². The third kappa shape index (κ3) is 2.85. The first-order valence-electron chi connectivity index (χ1n) is 4.62. The first-order chi connectivity index (χ1) is 6.15. The Morgan fingerprint density at radius 3 is 2.92 bits per heavy atom. The number of nitrogens with zero attached hydrogens (tertiary/aromatic N) is 1. The number of rotatable bonds is 2. The number of carbonyl (C=O) groups is 1. The summed E-state index contributed by atoms with van der Waals surface area (Å²) in [5, 5.41) is 0. The lowest BCUT2D eigenvalue weighted by Crippen LogP contribution is -2.50. The summed E-state index contributed by atoms with van der Waals surface area (Å²) in [5.74, 6) is 0.537. The molecule has 1 aliphatic heterocycles. The van der Waals surface area contributed by atoms with Crippen LogP contribution in [-0.2, 0) is 9.53 Å². The van der Waals surface area contributed by atoms with Gasteiger partial charge in [-0.2, -0.15) is 0 Å². The van der Waals surface area contributed by atoms with E-state index in [1.165, 1.54) is 0 Å². The predicted octanol–water partition coefficient (Wildman–Crippen LogP) is 1.25. The lowest BCUT2D eigenvalue weighted by molar-refractivity contribution is -0.142. The molecule has 1 rings (SSSR count). The van der Waals surface area contributed by atoms with E-state index in [-0.39, 0.29) is 18.1 Å². The Morgan fingerprint density at radius 2 is 2.31 bits per heavy atom. The van der Waals surface area contributed by atoms with Gasteiger partial charge in [0, 0.05) is 18.8 Å². The van der Waals surface area contributed by atoms with Gasteiger partial charge in [-0.15, -0.1) is 11.6 Å². The second-order valence-corrected chi connectivity index (χ2v) is 3.86. The standard InChI is InChI=1S/C9H16ClNO2/c1-7-6-13-8(2)5-11(7)9(12)3-4-10/h7-8H,3-6H2,1-2H3. The number of hydrogen-bond acceptors (Lipinski definition) is 2. The van der Waals surface area contributed by atoms with Crippen LogP contribution in [-0.4, -0.2) is 42.0 Å². The number of hydrogen-bond donors (Lipinski definition) is 0. The number of ether oxygens (including phenoxy) is 1. The van der Waals surface area contributed by atoms with Crippen molar-refractivity contribution in [1.29, 1.82) is 0 Å². The molecule has 0 aromatic heterocycles. The zero-order valence-corrected chi connectivity index (χ0v) is 8.88. The summed E-state index contributed by atoms with van der Waals surface area (Å²) in [6, 6.07) is 0.187. The summed E-state index contributed by atoms with van der Waals surface area (Å²) < 4.78 is 5.42. The zero-order valence-electron chi connectivity index (χ0n) is 8.12. The van der Waals surface area contributed by atoms with Crippen molar-refractivity contribution >= 4 is 17.5 Å². The highest BCUT2D eigenvalue weighted by molar-refractivity contribution is 6.18. The number of halogens is 1. The monoisotopic (exact) mass is 205 g/mol. The van der Waals surface area contributed by atoms with Crippen molar-refractivity contribution in [3.8, 4) is 0 Å². The predicted molar refractivity (Wildman–Crippen MR) is 51.9 cm³/mol. The van der Waals surface area contributed by atoms with Gasteiger partial charge in [-0.1, -0.05) is 0 Å². The molecule has 4 heteroatoms. The van der Waals surface area contributed by atoms with E-state index < -0.39 is 0 Å². The Labute approximate surface area is 84.0 Å². The van der Waals surface area contributed by atoms with Crippen molar-refractivity contribution in [1.82, 2.24) is 4.90 Å². The Balaban J connectivity index is 2.50. The highest BCUT2D eigenvalue weighted by atomic mass is 35.5. The van der Waals surface area contributed by atoms with Crippen LogP contribution in [0.25, 0.3) is 0 Å². The Hall–Kier alpha value is -0.280. The molecule has 0 saturated carbocycles. The fraction of sp³-hybridized carbons (Fsp3) is 0.889. The van der Waals surface area contributed by atoms with E-state index in [2.05, 4.69) is 0 Å². The van der Waals surface area contributed by atoms with E-state index in [1.54, 1.807) is 0 Å². The molecular formula is C9H16ClNO2. The smallest absolute Gasteiger partial charge is 0.224 e. The first-order valence-corrected chi connectivity index (χ1v) is 5.15. The minimum Gasteiger partial charge on any atom is -0.375 e. The molecule has 3 nitrogen and oxygen atoms in total. The molecule has 2 atom stereocenters. The average Bonchev–Trinajstić information content (AvgIpc) is 2.09. The maximum Gasteiger partial charge on any atom is 0.224 e. The van der Waals surface area contributed by atoms with Gasteiger partial charge in [-0.05, 0) is 13.8 Å². The van der Waals surface area contributed by atoms with Crippen molar-refractivity contribution in [2.75, 3.05) is 19.0 Å². The molecule has 0 spiro atoms. The summed E-state index contributed by atoms with van der Waals surface area (Å²) in [5.41, 5.74) is 0. The van der Waals surface area contributed by atoms with E-state index in [1.807, 2.05) is 18.7 Å². The highest BCUT2D eigenvalue weighted by Gasteiger charge is 2.26. The van der Waals surface area contributed by atoms with E-state index in [0.29, 0.717) is 25.5 Å². The SMILES string of the molecule is CC1CN(C(=O)CCCl)C(C)CO1. The maximum atomic E-state index is 11.5. The van der Waals surface area contributed by atoms with Crippen molar-refractivity contribution < 1.29 is 9.53 Å². The second-order valence-electron chi connectivity index (χ2n) is 3.48. The van der Waals surface area contributed by atoms with Crippen molar-refractivity contribution in [2.45, 2.75) is 32.4 Å². The van der Waals surface area contributed by atoms with Crippen LogP contribution in [0.15, 0.2) is 0 Å². The molecule has 13 heavy (non-hydrogen) atoms. The molecule has 0 radical (unpaired) electrons. The molecule has 1 heterocycles. The third-order valence-corrected chi connectivity index (χ3v) is 2.43. The third-order valence-electron chi connectivity index (χ3n) is 2.24. The Kier molecular flexibility index (Phi) is 4.00. The van der Waals surface area contributed by atoms with Crippen LogP contribution in [0.4, 0.5) is 0 Å². The van der Waals surface area contributed by atoms with Crippen LogP contribution in [0.1, 0.15) is 20.3 Å². The molecule has 0 aromatic rings. The van der Waals surface area contributed by atoms with Crippen LogP contribution in [0.5, 0.6) is 0 Å². The van der Waals surface area contributed by atoms with E-state index in [9.17, 15) is 4.79 Å². The lowest BCUT2D eigenvalue weighted by atomic mass is 10.2. The van der Waals surface area contributed by atoms with Crippen molar-refractivity contribution in [2.24, 2.45) is 0 Å². The molecule has 0 aliphatic carbocycles. The van der Waals surface area contributed by atoms with E-state index in [4.69, 9.17) is 16.3 Å². The molecule has 1 fully saturated rings. The van der Waals surface area contributed by atoms with Crippen LogP contribution in [0, 0.1) is 0 Å². The quantitative estimate of drug-likeness (QED) is 0.636. The van der Waals surface area contributed by atoms with Gasteiger partial charge in [-0.3, -0.25) is 4.79 Å². The van der Waals surface area contributed by atoms with Gasteiger partial charge in [0.15, 0.2) is 0 Å². The van der Waals surface area contributed by atoms with Crippen LogP contribution in [0.3, 0.4) is 0 Å². The molecule has 0 aromatic carbocycles. The molecule has 1 amide bonds. The lowest BCUT2D eigenvalue weighted by Gasteiger charge is -2.36. The van der Waals surface area contributed by atoms with Crippen molar-refractivity contribution in [3.05, 3.63) is 0 Å². The van der Waals surface area contributed by atoms with Gasteiger partial charge >= 0.3 is 0 Å². The zero-order chi connectivity index (χ0) is 9.84. The van der Waals surface area contributed by atoms with Gasteiger partial charge in [0.25, 0.3) is 0 Å².